The molecule has 2 unspecified atom stereocenters. The summed E-state index contributed by atoms with van der Waals surface area (Å²) in [6.45, 7) is -0.218. The van der Waals surface area contributed by atoms with Gasteiger partial charge in [0.2, 0.25) is 11.8 Å². The monoisotopic (exact) mass is 250 g/mol. The van der Waals surface area contributed by atoms with E-state index in [0.29, 0.717) is 12.1 Å². The molecule has 1 aliphatic carbocycles. The van der Waals surface area contributed by atoms with Crippen molar-refractivity contribution >= 4 is 17.8 Å². The lowest BCUT2D eigenvalue weighted by Crippen LogP contribution is -2.32. The summed E-state index contributed by atoms with van der Waals surface area (Å²) < 4.78 is 1.16. The van der Waals surface area contributed by atoms with Gasteiger partial charge in [0.15, 0.2) is 0 Å². The van der Waals surface area contributed by atoms with Crippen LogP contribution in [0.25, 0.3) is 0 Å². The molecule has 8 heteroatoms. The zero-order valence-electron chi connectivity index (χ0n) is 9.31. The van der Waals surface area contributed by atoms with Crippen LogP contribution in [0.4, 0.5) is 0 Å². The molecule has 1 aromatic heterocycles. The van der Waals surface area contributed by atoms with Crippen molar-refractivity contribution in [1.82, 2.24) is 19.9 Å². The summed E-state index contributed by atoms with van der Waals surface area (Å²) in [7, 11) is 0. The second-order valence-corrected chi connectivity index (χ2v) is 4.51. The Hall–Kier alpha value is -2.25. The summed E-state index contributed by atoms with van der Waals surface area (Å²) in [6, 6.07) is 0. The minimum absolute atomic E-state index is 0.0737. The molecule has 0 spiro atoms. The Balaban J connectivity index is 1.69. The first-order chi connectivity index (χ1) is 8.56. The van der Waals surface area contributed by atoms with Gasteiger partial charge >= 0.3 is 5.97 Å². The van der Waals surface area contributed by atoms with Gasteiger partial charge in [0.1, 0.15) is 12.2 Å². The first kappa shape index (κ1) is 10.9. The van der Waals surface area contributed by atoms with Crippen LogP contribution in [0.1, 0.15) is 12.1 Å². The summed E-state index contributed by atoms with van der Waals surface area (Å²) in [5, 5.41) is 15.9. The van der Waals surface area contributed by atoms with Gasteiger partial charge < -0.3 is 5.11 Å². The zero-order valence-corrected chi connectivity index (χ0v) is 9.31. The van der Waals surface area contributed by atoms with E-state index in [1.807, 2.05) is 0 Å². The summed E-state index contributed by atoms with van der Waals surface area (Å²) in [4.78, 5) is 35.0. The lowest BCUT2D eigenvalue weighted by Gasteiger charge is -2.13. The minimum atomic E-state index is -1.03. The first-order valence-corrected chi connectivity index (χ1v) is 5.52. The van der Waals surface area contributed by atoms with Crippen molar-refractivity contribution in [1.29, 1.82) is 0 Å². The number of hydrogen-bond donors (Lipinski definition) is 1. The first-order valence-electron chi connectivity index (χ1n) is 5.52. The number of nitrogens with zero attached hydrogens (tertiary/aromatic N) is 4. The zero-order chi connectivity index (χ0) is 12.9. The smallest absolute Gasteiger partial charge is 0.325 e. The van der Waals surface area contributed by atoms with Crippen LogP contribution >= 0.6 is 0 Å². The van der Waals surface area contributed by atoms with Gasteiger partial charge in [-0.25, -0.2) is 4.68 Å². The van der Waals surface area contributed by atoms with E-state index in [1.54, 1.807) is 0 Å². The van der Waals surface area contributed by atoms with Crippen molar-refractivity contribution in [3.8, 4) is 0 Å². The van der Waals surface area contributed by atoms with Crippen LogP contribution in [0.15, 0.2) is 6.20 Å². The van der Waals surface area contributed by atoms with E-state index in [-0.39, 0.29) is 36.7 Å². The summed E-state index contributed by atoms with van der Waals surface area (Å²) >= 11 is 0. The lowest BCUT2D eigenvalue weighted by molar-refractivity contribution is -0.142. The van der Waals surface area contributed by atoms with Gasteiger partial charge in [-0.05, 0) is 6.42 Å². The number of carbonyl (C=O) groups is 3. The highest BCUT2D eigenvalue weighted by atomic mass is 16.4. The molecule has 1 aromatic rings. The molecule has 94 valence electrons. The Kier molecular flexibility index (Phi) is 2.19. The van der Waals surface area contributed by atoms with Gasteiger partial charge in [0.25, 0.3) is 0 Å². The number of carbonyl (C=O) groups excluding carboxylic acids is 2. The maximum atomic E-state index is 11.7. The second kappa shape index (κ2) is 3.62. The minimum Gasteiger partial charge on any atom is -0.480 e. The molecule has 3 rings (SSSR count). The molecule has 2 fully saturated rings. The molecular formula is C10H10N4O4. The largest absolute Gasteiger partial charge is 0.480 e. The van der Waals surface area contributed by atoms with Crippen LogP contribution in [0.5, 0.6) is 0 Å². The molecule has 0 aromatic carbocycles. The third kappa shape index (κ3) is 1.66. The Morgan fingerprint density at radius 1 is 1.39 bits per heavy atom. The van der Waals surface area contributed by atoms with Crippen LogP contribution < -0.4 is 0 Å². The van der Waals surface area contributed by atoms with Crippen LogP contribution in [0.2, 0.25) is 0 Å². The molecule has 1 N–H and O–H groups in total. The van der Waals surface area contributed by atoms with Gasteiger partial charge in [0, 0.05) is 0 Å². The van der Waals surface area contributed by atoms with Crippen molar-refractivity contribution in [3.05, 3.63) is 11.9 Å². The lowest BCUT2D eigenvalue weighted by atomic mass is 10.3. The molecular weight excluding hydrogens is 240 g/mol. The van der Waals surface area contributed by atoms with E-state index in [1.165, 1.54) is 11.1 Å². The average Bonchev–Trinajstić information content (AvgIpc) is 2.93. The Morgan fingerprint density at radius 3 is 2.67 bits per heavy atom. The average molecular weight is 250 g/mol. The van der Waals surface area contributed by atoms with E-state index >= 15 is 0 Å². The number of aromatic nitrogens is 3. The number of carboxylic acid groups (broad SMARTS) is 1. The fraction of sp³-hybridized carbons (Fsp3) is 0.500. The predicted octanol–water partition coefficient (Wildman–Crippen LogP) is -1.13. The number of carboxylic acids is 1. The number of imide groups is 1. The Bertz CT molecular complexity index is 532. The number of fused-ring (bicyclic) bond motifs is 1. The molecule has 2 heterocycles. The molecule has 0 bridgehead atoms. The van der Waals surface area contributed by atoms with E-state index in [0.717, 1.165) is 4.68 Å². The second-order valence-electron chi connectivity index (χ2n) is 4.51. The van der Waals surface area contributed by atoms with Gasteiger partial charge in [-0.15, -0.1) is 5.10 Å². The maximum absolute atomic E-state index is 11.7. The molecule has 2 atom stereocenters. The molecule has 1 saturated heterocycles. The van der Waals surface area contributed by atoms with Crippen LogP contribution in [-0.2, 0) is 27.5 Å². The standard InChI is InChI=1S/C10H10N4O4/c15-8(16)4-13-2-5(11-12-13)3-14-9(17)6-1-7(6)10(14)18/h2,6-7H,1,3-4H2,(H,15,16). The third-order valence-corrected chi connectivity index (χ3v) is 3.16. The predicted molar refractivity (Wildman–Crippen MR) is 54.8 cm³/mol. The van der Waals surface area contributed by atoms with E-state index < -0.39 is 5.97 Å². The number of piperidine rings is 1. The normalized spacial score (nSPS) is 25.4. The van der Waals surface area contributed by atoms with Gasteiger partial charge in [-0.2, -0.15) is 0 Å². The molecule has 2 amide bonds. The molecule has 18 heavy (non-hydrogen) atoms. The van der Waals surface area contributed by atoms with E-state index in [2.05, 4.69) is 10.3 Å². The number of aliphatic carboxylic acids is 1. The highest BCUT2D eigenvalue weighted by Gasteiger charge is 2.58. The maximum Gasteiger partial charge on any atom is 0.325 e. The molecule has 1 saturated carbocycles. The fourth-order valence-electron chi connectivity index (χ4n) is 2.19. The van der Waals surface area contributed by atoms with Gasteiger partial charge in [-0.3, -0.25) is 19.3 Å². The number of hydrogen-bond acceptors (Lipinski definition) is 5. The van der Waals surface area contributed by atoms with Crippen LogP contribution in [0.3, 0.4) is 0 Å². The Labute approximate surface area is 101 Å². The SMILES string of the molecule is O=C(O)Cn1cc(CN2C(=O)C3CC3C2=O)nn1. The van der Waals surface area contributed by atoms with Gasteiger partial charge in [0.05, 0.1) is 24.6 Å². The molecule has 8 nitrogen and oxygen atoms in total. The van der Waals surface area contributed by atoms with Crippen molar-refractivity contribution in [2.75, 3.05) is 0 Å². The van der Waals surface area contributed by atoms with Crippen molar-refractivity contribution in [3.63, 3.8) is 0 Å². The third-order valence-electron chi connectivity index (χ3n) is 3.16. The Morgan fingerprint density at radius 2 is 2.06 bits per heavy atom. The highest BCUT2D eigenvalue weighted by molar-refractivity contribution is 6.08. The molecule has 0 radical (unpaired) electrons. The summed E-state index contributed by atoms with van der Waals surface area (Å²) in [5.74, 6) is -1.60. The van der Waals surface area contributed by atoms with Gasteiger partial charge in [-0.1, -0.05) is 5.21 Å². The van der Waals surface area contributed by atoms with Crippen molar-refractivity contribution < 1.29 is 19.5 Å². The molecule has 2 aliphatic rings. The van der Waals surface area contributed by atoms with E-state index in [4.69, 9.17) is 5.11 Å². The molecule has 1 aliphatic heterocycles. The van der Waals surface area contributed by atoms with Crippen LogP contribution in [0, 0.1) is 11.8 Å². The summed E-state index contributed by atoms with van der Waals surface area (Å²) in [5.41, 5.74) is 0.416. The highest BCUT2D eigenvalue weighted by Crippen LogP contribution is 2.47. The van der Waals surface area contributed by atoms with Crippen molar-refractivity contribution in [2.24, 2.45) is 11.8 Å². The fourth-order valence-corrected chi connectivity index (χ4v) is 2.19. The topological polar surface area (TPSA) is 105 Å². The van der Waals surface area contributed by atoms with Crippen molar-refractivity contribution in [2.45, 2.75) is 19.5 Å². The van der Waals surface area contributed by atoms with Crippen LogP contribution in [-0.4, -0.2) is 42.8 Å². The number of likely N-dealkylation sites (tertiary alicyclic amines) is 1. The number of rotatable bonds is 4. The number of amides is 2. The van der Waals surface area contributed by atoms with E-state index in [9.17, 15) is 14.4 Å². The quantitative estimate of drug-likeness (QED) is 0.678. The summed E-state index contributed by atoms with van der Waals surface area (Å²) in [6.07, 6.45) is 2.10.